The number of likely N-dealkylation sites (tertiary alicyclic amines) is 1. The summed E-state index contributed by atoms with van der Waals surface area (Å²) in [4.78, 5) is 1.80. The monoisotopic (exact) mass is 260 g/mol. The van der Waals surface area contributed by atoms with Crippen molar-refractivity contribution in [2.45, 2.75) is 25.8 Å². The summed E-state index contributed by atoms with van der Waals surface area (Å²) in [6, 6.07) is 0. The molecule has 1 saturated heterocycles. The number of nitrogens with zero attached hydrogens (tertiary/aromatic N) is 1. The number of halogens is 4. The van der Waals surface area contributed by atoms with Crippen LogP contribution in [0, 0.1) is 30.2 Å². The average molecular weight is 260 g/mol. The Kier molecular flexibility index (Phi) is 3.90. The van der Waals surface area contributed by atoms with Gasteiger partial charge in [0.05, 0.1) is 0 Å². The van der Waals surface area contributed by atoms with Crippen molar-refractivity contribution in [1.82, 2.24) is 4.90 Å². The van der Waals surface area contributed by atoms with E-state index in [1.165, 1.54) is 0 Å². The second-order valence-corrected chi connectivity index (χ2v) is 4.55. The van der Waals surface area contributed by atoms with E-state index in [4.69, 9.17) is 0 Å². The highest BCUT2D eigenvalue weighted by Crippen LogP contribution is 2.25. The Morgan fingerprint density at radius 3 is 1.83 bits per heavy atom. The van der Waals surface area contributed by atoms with Crippen LogP contribution in [-0.2, 0) is 6.54 Å². The van der Waals surface area contributed by atoms with Crippen LogP contribution >= 0.6 is 0 Å². The van der Waals surface area contributed by atoms with E-state index in [2.05, 4.69) is 6.92 Å². The van der Waals surface area contributed by atoms with Crippen LogP contribution in [0.25, 0.3) is 0 Å². The van der Waals surface area contributed by atoms with Gasteiger partial charge < -0.3 is 0 Å². The number of hydrogen-bond donors (Lipinski definition) is 0. The van der Waals surface area contributed by atoms with E-state index in [0.29, 0.717) is 13.1 Å². The maximum absolute atomic E-state index is 13.6. The Hall–Kier alpha value is -1.10. The largest absolute Gasteiger partial charge is 0.299 e. The maximum atomic E-state index is 13.6. The first-order valence-corrected chi connectivity index (χ1v) is 5.91. The van der Waals surface area contributed by atoms with Gasteiger partial charge in [-0.05, 0) is 32.9 Å². The summed E-state index contributed by atoms with van der Waals surface area (Å²) in [5, 5.41) is 0. The predicted octanol–water partition coefficient (Wildman–Crippen LogP) is 3.41. The number of benzene rings is 1. The van der Waals surface area contributed by atoms with Crippen LogP contribution in [0.2, 0.25) is 0 Å². The molecule has 1 fully saturated rings. The molecule has 0 aliphatic carbocycles. The van der Waals surface area contributed by atoms with Crippen LogP contribution in [0.15, 0.2) is 0 Å². The molecular weight excluding hydrogens is 246 g/mol. The quantitative estimate of drug-likeness (QED) is 0.582. The lowest BCUT2D eigenvalue weighted by molar-refractivity contribution is 0.213. The first kappa shape index (κ1) is 13.3. The number of hydrogen-bond acceptors (Lipinski definition) is 1. The molecule has 99 valence electrons. The van der Waals surface area contributed by atoms with Crippen molar-refractivity contribution in [2.75, 3.05) is 13.1 Å². The minimum atomic E-state index is -1.40. The summed E-state index contributed by atoms with van der Waals surface area (Å²) in [6.07, 6.45) is 2.94. The third-order valence-corrected chi connectivity index (χ3v) is 3.28. The molecule has 1 aliphatic heterocycles. The Bertz CT molecular complexity index is 424. The smallest absolute Gasteiger partial charge is 0.166 e. The first-order valence-electron chi connectivity index (χ1n) is 5.91. The molecule has 18 heavy (non-hydrogen) atoms. The summed E-state index contributed by atoms with van der Waals surface area (Å²) in [5.41, 5.74) is -1.40. The van der Waals surface area contributed by atoms with Crippen LogP contribution in [-0.4, -0.2) is 18.0 Å². The van der Waals surface area contributed by atoms with Crippen LogP contribution in [0.5, 0.6) is 0 Å². The molecule has 5 heteroatoms. The molecule has 1 aromatic carbocycles. The molecule has 0 amide bonds. The first-order chi connectivity index (χ1) is 8.52. The highest BCUT2D eigenvalue weighted by Gasteiger charge is 2.24. The Morgan fingerprint density at radius 2 is 1.33 bits per heavy atom. The minimum Gasteiger partial charge on any atom is -0.299 e. The van der Waals surface area contributed by atoms with Crippen molar-refractivity contribution in [3.63, 3.8) is 0 Å². The molecule has 0 spiro atoms. The van der Waals surface area contributed by atoms with Gasteiger partial charge >= 0.3 is 0 Å². The predicted molar refractivity (Wildman–Crippen MR) is 59.9 cm³/mol. The molecule has 1 nitrogen and oxygen atoms in total. The minimum absolute atomic E-state index is 0.105. The Balaban J connectivity index is 2.32. The van der Waals surface area contributed by atoms with Gasteiger partial charge in [0.15, 0.2) is 23.3 Å². The second kappa shape index (κ2) is 5.26. The number of piperidine rings is 1. The topological polar surface area (TPSA) is 3.24 Å². The van der Waals surface area contributed by atoms with Crippen LogP contribution in [0.4, 0.5) is 17.6 Å². The van der Waals surface area contributed by atoms with E-state index >= 15 is 0 Å². The van der Waals surface area contributed by atoms with Gasteiger partial charge in [-0.15, -0.1) is 0 Å². The normalized spacial score (nSPS) is 17.2. The molecule has 0 atom stereocenters. The zero-order valence-corrected chi connectivity index (χ0v) is 9.91. The molecule has 2 rings (SSSR count). The van der Waals surface area contributed by atoms with E-state index in [1.807, 2.05) is 0 Å². The third kappa shape index (κ3) is 2.36. The number of rotatable bonds is 2. The SMILES string of the molecule is [CH2]c1c(F)c(F)c(CN2CCCCC2)c(F)c1F. The van der Waals surface area contributed by atoms with Crippen molar-refractivity contribution in [1.29, 1.82) is 0 Å². The molecule has 0 unspecified atom stereocenters. The summed E-state index contributed by atoms with van der Waals surface area (Å²) in [7, 11) is 0. The van der Waals surface area contributed by atoms with E-state index in [9.17, 15) is 17.6 Å². The summed E-state index contributed by atoms with van der Waals surface area (Å²) >= 11 is 0. The van der Waals surface area contributed by atoms with E-state index in [-0.39, 0.29) is 6.54 Å². The molecule has 1 heterocycles. The lowest BCUT2D eigenvalue weighted by atomic mass is 10.1. The fourth-order valence-electron chi connectivity index (χ4n) is 2.20. The van der Waals surface area contributed by atoms with Gasteiger partial charge in [-0.1, -0.05) is 6.42 Å². The van der Waals surface area contributed by atoms with Crippen LogP contribution < -0.4 is 0 Å². The fraction of sp³-hybridized carbons (Fsp3) is 0.462. The molecule has 0 N–H and O–H groups in total. The van der Waals surface area contributed by atoms with Gasteiger partial charge in [0, 0.05) is 17.7 Å². The van der Waals surface area contributed by atoms with E-state index in [1.54, 1.807) is 4.90 Å². The Morgan fingerprint density at radius 1 is 0.833 bits per heavy atom. The fourth-order valence-corrected chi connectivity index (χ4v) is 2.20. The van der Waals surface area contributed by atoms with Crippen molar-refractivity contribution >= 4 is 0 Å². The van der Waals surface area contributed by atoms with Gasteiger partial charge in [0.25, 0.3) is 0 Å². The van der Waals surface area contributed by atoms with Gasteiger partial charge in [-0.3, -0.25) is 4.90 Å². The van der Waals surface area contributed by atoms with E-state index < -0.39 is 34.4 Å². The lowest BCUT2D eigenvalue weighted by Crippen LogP contribution is -2.30. The standard InChI is InChI=1S/C13H14F4N/c1-8-10(14)12(16)9(13(17)11(8)15)7-18-5-3-2-4-6-18/h1-7H2. The maximum Gasteiger partial charge on any atom is 0.166 e. The second-order valence-electron chi connectivity index (χ2n) is 4.55. The van der Waals surface area contributed by atoms with Crippen LogP contribution in [0.1, 0.15) is 30.4 Å². The van der Waals surface area contributed by atoms with Crippen molar-refractivity contribution in [3.05, 3.63) is 41.3 Å². The molecule has 1 aliphatic rings. The zero-order valence-electron chi connectivity index (χ0n) is 9.91. The highest BCUT2D eigenvalue weighted by atomic mass is 19.2. The van der Waals surface area contributed by atoms with Crippen molar-refractivity contribution in [3.8, 4) is 0 Å². The summed E-state index contributed by atoms with van der Waals surface area (Å²) in [5.74, 6) is -5.46. The van der Waals surface area contributed by atoms with E-state index in [0.717, 1.165) is 19.3 Å². The molecular formula is C13H14F4N. The zero-order chi connectivity index (χ0) is 13.3. The molecule has 0 saturated carbocycles. The van der Waals surface area contributed by atoms with Crippen LogP contribution in [0.3, 0.4) is 0 Å². The Labute approximate surface area is 103 Å². The van der Waals surface area contributed by atoms with Crippen molar-refractivity contribution < 1.29 is 17.6 Å². The van der Waals surface area contributed by atoms with Crippen molar-refractivity contribution in [2.24, 2.45) is 0 Å². The molecule has 1 aromatic rings. The van der Waals surface area contributed by atoms with Gasteiger partial charge in [-0.2, -0.15) is 0 Å². The highest BCUT2D eigenvalue weighted by molar-refractivity contribution is 5.31. The van der Waals surface area contributed by atoms with Gasteiger partial charge in [0.2, 0.25) is 0 Å². The van der Waals surface area contributed by atoms with Gasteiger partial charge in [0.1, 0.15) is 0 Å². The third-order valence-electron chi connectivity index (χ3n) is 3.28. The molecule has 1 radical (unpaired) electrons. The average Bonchev–Trinajstić information content (AvgIpc) is 2.40. The summed E-state index contributed by atoms with van der Waals surface area (Å²) in [6.45, 7) is 4.26. The molecule has 0 aromatic heterocycles. The lowest BCUT2D eigenvalue weighted by Gasteiger charge is -2.26. The summed E-state index contributed by atoms with van der Waals surface area (Å²) < 4.78 is 53.9. The van der Waals surface area contributed by atoms with Gasteiger partial charge in [-0.25, -0.2) is 17.6 Å². The molecule has 0 bridgehead atoms.